The number of likely N-dealkylation sites (tertiary alicyclic amines) is 1. The number of rotatable bonds is 2. The van der Waals surface area contributed by atoms with Gasteiger partial charge in [0.25, 0.3) is 0 Å². The van der Waals surface area contributed by atoms with Crippen molar-refractivity contribution in [2.45, 2.75) is 38.5 Å². The molecule has 2 aliphatic rings. The first-order valence-electron chi connectivity index (χ1n) is 8.12. The Morgan fingerprint density at radius 1 is 1.09 bits per heavy atom. The van der Waals surface area contributed by atoms with Crippen LogP contribution in [0, 0.1) is 0 Å². The smallest absolute Gasteiger partial charge is 0.246 e. The second-order valence-corrected chi connectivity index (χ2v) is 6.12. The fourth-order valence-electron chi connectivity index (χ4n) is 3.37. The van der Waals surface area contributed by atoms with E-state index in [-0.39, 0.29) is 30.8 Å². The van der Waals surface area contributed by atoms with Crippen LogP contribution in [0.4, 0.5) is 11.4 Å². The van der Waals surface area contributed by atoms with Crippen LogP contribution in [0.25, 0.3) is 0 Å². The second-order valence-electron chi connectivity index (χ2n) is 6.12. The third-order valence-corrected chi connectivity index (χ3v) is 4.59. The minimum absolute atomic E-state index is 0. The van der Waals surface area contributed by atoms with Gasteiger partial charge in [-0.3, -0.25) is 9.59 Å². The standard InChI is InChI=1S/C17H23N3O2.ClH/c18-14-7-4-8-15-13(14)6-5-11-20(15)17(22)12-19-10-3-1-2-9-16(19)21;/h4,7-8H,1-3,5-6,9-12,18H2;1H. The molecule has 2 heterocycles. The summed E-state index contributed by atoms with van der Waals surface area (Å²) in [5, 5.41) is 0. The fraction of sp³-hybridized carbons (Fsp3) is 0.529. The highest BCUT2D eigenvalue weighted by molar-refractivity contribution is 5.98. The highest BCUT2D eigenvalue weighted by Crippen LogP contribution is 2.31. The van der Waals surface area contributed by atoms with Crippen LogP contribution in [0.5, 0.6) is 0 Å². The lowest BCUT2D eigenvalue weighted by atomic mass is 10.00. The van der Waals surface area contributed by atoms with Gasteiger partial charge in [0, 0.05) is 30.9 Å². The molecule has 0 radical (unpaired) electrons. The van der Waals surface area contributed by atoms with E-state index >= 15 is 0 Å². The molecule has 0 aliphatic carbocycles. The van der Waals surface area contributed by atoms with Crippen molar-refractivity contribution in [3.05, 3.63) is 23.8 Å². The second kappa shape index (κ2) is 7.68. The molecule has 2 amide bonds. The zero-order chi connectivity index (χ0) is 15.5. The van der Waals surface area contributed by atoms with E-state index in [1.54, 1.807) is 9.80 Å². The van der Waals surface area contributed by atoms with Crippen LogP contribution in [-0.2, 0) is 16.0 Å². The summed E-state index contributed by atoms with van der Waals surface area (Å²) in [6.07, 6.45) is 5.39. The number of anilines is 2. The number of amides is 2. The first-order valence-corrected chi connectivity index (χ1v) is 8.12. The fourth-order valence-corrected chi connectivity index (χ4v) is 3.37. The quantitative estimate of drug-likeness (QED) is 0.842. The lowest BCUT2D eigenvalue weighted by Crippen LogP contribution is -2.44. The van der Waals surface area contributed by atoms with E-state index in [1.165, 1.54) is 0 Å². The van der Waals surface area contributed by atoms with Gasteiger partial charge in [0.05, 0.1) is 0 Å². The van der Waals surface area contributed by atoms with Crippen molar-refractivity contribution in [3.8, 4) is 0 Å². The van der Waals surface area contributed by atoms with Crippen molar-refractivity contribution in [2.75, 3.05) is 30.3 Å². The molecule has 0 spiro atoms. The van der Waals surface area contributed by atoms with E-state index in [0.717, 1.165) is 49.0 Å². The molecule has 23 heavy (non-hydrogen) atoms. The largest absolute Gasteiger partial charge is 0.398 e. The number of nitrogen functional groups attached to an aromatic ring is 1. The molecule has 3 rings (SSSR count). The third kappa shape index (κ3) is 3.78. The number of nitrogens with zero attached hydrogens (tertiary/aromatic N) is 2. The van der Waals surface area contributed by atoms with Gasteiger partial charge in [-0.05, 0) is 43.4 Å². The Labute approximate surface area is 143 Å². The molecule has 126 valence electrons. The summed E-state index contributed by atoms with van der Waals surface area (Å²) in [6, 6.07) is 5.72. The third-order valence-electron chi connectivity index (χ3n) is 4.59. The zero-order valence-corrected chi connectivity index (χ0v) is 14.1. The van der Waals surface area contributed by atoms with Gasteiger partial charge in [-0.25, -0.2) is 0 Å². The van der Waals surface area contributed by atoms with E-state index < -0.39 is 0 Å². The minimum atomic E-state index is 0. The molecule has 6 heteroatoms. The molecule has 0 unspecified atom stereocenters. The minimum Gasteiger partial charge on any atom is -0.398 e. The van der Waals surface area contributed by atoms with Crippen molar-refractivity contribution >= 4 is 35.6 Å². The van der Waals surface area contributed by atoms with Gasteiger partial charge in [-0.2, -0.15) is 0 Å². The van der Waals surface area contributed by atoms with E-state index in [4.69, 9.17) is 5.73 Å². The molecular weight excluding hydrogens is 314 g/mol. The Balaban J connectivity index is 0.00000192. The Hall–Kier alpha value is -1.75. The Morgan fingerprint density at radius 3 is 2.74 bits per heavy atom. The molecule has 1 aromatic carbocycles. The van der Waals surface area contributed by atoms with Crippen molar-refractivity contribution in [3.63, 3.8) is 0 Å². The number of fused-ring (bicyclic) bond motifs is 1. The maximum atomic E-state index is 12.7. The molecule has 1 saturated heterocycles. The molecule has 0 atom stereocenters. The van der Waals surface area contributed by atoms with Gasteiger partial charge in [0.1, 0.15) is 6.54 Å². The predicted octanol–water partition coefficient (Wildman–Crippen LogP) is 2.37. The van der Waals surface area contributed by atoms with Crippen LogP contribution in [0.15, 0.2) is 18.2 Å². The van der Waals surface area contributed by atoms with Gasteiger partial charge in [-0.1, -0.05) is 12.5 Å². The van der Waals surface area contributed by atoms with Gasteiger partial charge < -0.3 is 15.5 Å². The summed E-state index contributed by atoms with van der Waals surface area (Å²) < 4.78 is 0. The summed E-state index contributed by atoms with van der Waals surface area (Å²) in [7, 11) is 0. The van der Waals surface area contributed by atoms with Crippen LogP contribution in [0.2, 0.25) is 0 Å². The maximum Gasteiger partial charge on any atom is 0.246 e. The van der Waals surface area contributed by atoms with Crippen LogP contribution in [0.1, 0.15) is 37.7 Å². The number of halogens is 1. The molecule has 0 aromatic heterocycles. The lowest BCUT2D eigenvalue weighted by molar-refractivity contribution is -0.134. The molecule has 1 fully saturated rings. The molecule has 5 nitrogen and oxygen atoms in total. The molecule has 2 N–H and O–H groups in total. The van der Waals surface area contributed by atoms with Gasteiger partial charge in [0.2, 0.25) is 11.8 Å². The summed E-state index contributed by atoms with van der Waals surface area (Å²) in [6.45, 7) is 1.59. The van der Waals surface area contributed by atoms with Crippen molar-refractivity contribution in [1.29, 1.82) is 0 Å². The average molecular weight is 338 g/mol. The van der Waals surface area contributed by atoms with Gasteiger partial charge >= 0.3 is 0 Å². The predicted molar refractivity (Wildman–Crippen MR) is 93.8 cm³/mol. The Bertz CT molecular complexity index is 591. The number of hydrogen-bond acceptors (Lipinski definition) is 3. The Morgan fingerprint density at radius 2 is 1.91 bits per heavy atom. The SMILES string of the molecule is Cl.Nc1cccc2c1CCCN2C(=O)CN1CCCCCC1=O. The summed E-state index contributed by atoms with van der Waals surface area (Å²) in [5.41, 5.74) is 8.75. The first-order chi connectivity index (χ1) is 10.7. The van der Waals surface area contributed by atoms with E-state index in [9.17, 15) is 9.59 Å². The van der Waals surface area contributed by atoms with Gasteiger partial charge in [-0.15, -0.1) is 12.4 Å². The van der Waals surface area contributed by atoms with Crippen LogP contribution in [0.3, 0.4) is 0 Å². The molecule has 2 aliphatic heterocycles. The zero-order valence-electron chi connectivity index (χ0n) is 13.3. The highest BCUT2D eigenvalue weighted by Gasteiger charge is 2.27. The number of nitrogens with two attached hydrogens (primary N) is 1. The topological polar surface area (TPSA) is 66.6 Å². The number of hydrogen-bond donors (Lipinski definition) is 1. The number of benzene rings is 1. The molecule has 0 bridgehead atoms. The maximum absolute atomic E-state index is 12.7. The number of carbonyl (C=O) groups excluding carboxylic acids is 2. The molecular formula is C17H24ClN3O2. The van der Waals surface area contributed by atoms with E-state index in [0.29, 0.717) is 19.5 Å². The van der Waals surface area contributed by atoms with Crippen LogP contribution >= 0.6 is 12.4 Å². The highest BCUT2D eigenvalue weighted by atomic mass is 35.5. The van der Waals surface area contributed by atoms with Crippen molar-refractivity contribution in [1.82, 2.24) is 4.90 Å². The summed E-state index contributed by atoms with van der Waals surface area (Å²) in [5.74, 6) is 0.109. The monoisotopic (exact) mass is 337 g/mol. The summed E-state index contributed by atoms with van der Waals surface area (Å²) >= 11 is 0. The van der Waals surface area contributed by atoms with Crippen molar-refractivity contribution in [2.24, 2.45) is 0 Å². The molecule has 0 saturated carbocycles. The van der Waals surface area contributed by atoms with Gasteiger partial charge in [0.15, 0.2) is 0 Å². The van der Waals surface area contributed by atoms with E-state index in [2.05, 4.69) is 0 Å². The first kappa shape index (κ1) is 17.6. The Kier molecular flexibility index (Phi) is 5.88. The molecule has 1 aromatic rings. The average Bonchev–Trinajstić information content (AvgIpc) is 2.72. The summed E-state index contributed by atoms with van der Waals surface area (Å²) in [4.78, 5) is 28.3. The normalized spacial score (nSPS) is 18.0. The van der Waals surface area contributed by atoms with E-state index in [1.807, 2.05) is 18.2 Å². The lowest BCUT2D eigenvalue weighted by Gasteiger charge is -2.32. The van der Waals surface area contributed by atoms with Crippen LogP contribution in [-0.4, -0.2) is 36.3 Å². The van der Waals surface area contributed by atoms with Crippen molar-refractivity contribution < 1.29 is 9.59 Å². The van der Waals surface area contributed by atoms with Crippen LogP contribution < -0.4 is 10.6 Å². The number of carbonyl (C=O) groups is 2.